The lowest BCUT2D eigenvalue weighted by Crippen LogP contribution is -2.43. The number of nitrogens with one attached hydrogen (secondary N) is 1. The second kappa shape index (κ2) is 10.1. The number of carbonyl (C=O) groups is 1. The fourth-order valence-electron chi connectivity index (χ4n) is 3.19. The van der Waals surface area contributed by atoms with Gasteiger partial charge in [-0.25, -0.2) is 8.42 Å². The van der Waals surface area contributed by atoms with E-state index in [9.17, 15) is 13.2 Å². The summed E-state index contributed by atoms with van der Waals surface area (Å²) < 4.78 is 37.6. The van der Waals surface area contributed by atoms with Gasteiger partial charge in [0.15, 0.2) is 0 Å². The molecule has 1 amide bonds. The quantitative estimate of drug-likeness (QED) is 0.643. The number of nitrogens with zero attached hydrogens (tertiary/aromatic N) is 1. The van der Waals surface area contributed by atoms with Crippen molar-refractivity contribution < 1.29 is 22.7 Å². The first-order valence-corrected chi connectivity index (χ1v) is 10.8. The van der Waals surface area contributed by atoms with Crippen molar-refractivity contribution in [1.29, 1.82) is 0 Å². The Balaban J connectivity index is 1.88. The van der Waals surface area contributed by atoms with Gasteiger partial charge in [-0.1, -0.05) is 0 Å². The molecule has 0 aliphatic carbocycles. The van der Waals surface area contributed by atoms with Gasteiger partial charge in [0.1, 0.15) is 5.75 Å². The van der Waals surface area contributed by atoms with Crippen molar-refractivity contribution in [2.75, 3.05) is 40.0 Å². The molecule has 0 radical (unpaired) electrons. The summed E-state index contributed by atoms with van der Waals surface area (Å²) in [6.07, 6.45) is 1.85. The predicted octanol–water partition coefficient (Wildman–Crippen LogP) is 1.95. The molecule has 1 aromatic rings. The normalized spacial score (nSPS) is 16.3. The van der Waals surface area contributed by atoms with Crippen molar-refractivity contribution in [2.45, 2.75) is 38.0 Å². The molecule has 0 bridgehead atoms. The number of piperidine rings is 1. The van der Waals surface area contributed by atoms with Crippen LogP contribution in [0.4, 0.5) is 0 Å². The van der Waals surface area contributed by atoms with Crippen LogP contribution in [0.25, 0.3) is 0 Å². The van der Waals surface area contributed by atoms with Crippen LogP contribution in [-0.2, 0) is 19.6 Å². The fraction of sp³-hybridized carbons (Fsp3) is 0.632. The molecule has 0 aromatic heterocycles. The van der Waals surface area contributed by atoms with Gasteiger partial charge in [0.05, 0.1) is 12.0 Å². The molecule has 0 atom stereocenters. The van der Waals surface area contributed by atoms with E-state index in [1.807, 2.05) is 13.8 Å². The number of ether oxygens (including phenoxy) is 2. The third kappa shape index (κ3) is 5.67. The predicted molar refractivity (Wildman–Crippen MR) is 103 cm³/mol. The smallest absolute Gasteiger partial charge is 0.243 e. The van der Waals surface area contributed by atoms with E-state index in [-0.39, 0.29) is 16.7 Å². The van der Waals surface area contributed by atoms with E-state index in [4.69, 9.17) is 9.47 Å². The lowest BCUT2D eigenvalue weighted by molar-refractivity contribution is -0.126. The number of carbonyl (C=O) groups excluding carboxylic acids is 1. The summed E-state index contributed by atoms with van der Waals surface area (Å²) in [5, 5.41) is 2.92. The number of hydrogen-bond donors (Lipinski definition) is 1. The van der Waals surface area contributed by atoms with Crippen LogP contribution >= 0.6 is 0 Å². The van der Waals surface area contributed by atoms with Crippen molar-refractivity contribution >= 4 is 15.9 Å². The molecule has 2 rings (SSSR count). The first-order valence-electron chi connectivity index (χ1n) is 9.40. The van der Waals surface area contributed by atoms with Crippen LogP contribution in [0, 0.1) is 12.8 Å². The van der Waals surface area contributed by atoms with Gasteiger partial charge in [-0.3, -0.25) is 4.79 Å². The number of hydrogen-bond acceptors (Lipinski definition) is 5. The number of aryl methyl sites for hydroxylation is 1. The second-order valence-electron chi connectivity index (χ2n) is 6.65. The molecule has 0 saturated carbocycles. The van der Waals surface area contributed by atoms with Crippen LogP contribution in [0.1, 0.15) is 31.7 Å². The van der Waals surface area contributed by atoms with E-state index >= 15 is 0 Å². The van der Waals surface area contributed by atoms with Gasteiger partial charge < -0.3 is 14.8 Å². The first kappa shape index (κ1) is 21.7. The Morgan fingerprint density at radius 2 is 2.00 bits per heavy atom. The zero-order valence-electron chi connectivity index (χ0n) is 16.4. The molecule has 1 aliphatic rings. The van der Waals surface area contributed by atoms with Crippen LogP contribution in [0.2, 0.25) is 0 Å². The molecular formula is C19H30N2O5S. The number of rotatable bonds is 9. The Kier molecular flexibility index (Phi) is 8.07. The fourth-order valence-corrected chi connectivity index (χ4v) is 4.75. The van der Waals surface area contributed by atoms with Gasteiger partial charge in [0.25, 0.3) is 0 Å². The zero-order valence-corrected chi connectivity index (χ0v) is 17.2. The Bertz CT molecular complexity index is 728. The standard InChI is InChI=1S/C19H30N2O5S/c1-4-26-13-5-10-20-19(22)16-8-11-21(12-9-16)27(23,24)17-6-7-18(25-3)15(2)14-17/h6-7,14,16H,4-5,8-13H2,1-3H3,(H,20,22). The van der Waals surface area contributed by atoms with Crippen LogP contribution in [0.15, 0.2) is 23.1 Å². The maximum Gasteiger partial charge on any atom is 0.243 e. The monoisotopic (exact) mass is 398 g/mol. The molecule has 7 nitrogen and oxygen atoms in total. The molecule has 8 heteroatoms. The van der Waals surface area contributed by atoms with E-state index < -0.39 is 10.0 Å². The second-order valence-corrected chi connectivity index (χ2v) is 8.59. The highest BCUT2D eigenvalue weighted by Crippen LogP contribution is 2.27. The Morgan fingerprint density at radius 1 is 1.30 bits per heavy atom. The van der Waals surface area contributed by atoms with Crippen LogP contribution < -0.4 is 10.1 Å². The summed E-state index contributed by atoms with van der Waals surface area (Å²) in [5.41, 5.74) is 0.778. The minimum atomic E-state index is -3.56. The molecule has 0 unspecified atom stereocenters. The third-order valence-corrected chi connectivity index (χ3v) is 6.69. The highest BCUT2D eigenvalue weighted by Gasteiger charge is 2.32. The van der Waals surface area contributed by atoms with Gasteiger partial charge in [-0.05, 0) is 56.9 Å². The van der Waals surface area contributed by atoms with E-state index in [2.05, 4.69) is 5.32 Å². The van der Waals surface area contributed by atoms with Crippen molar-refractivity contribution in [3.8, 4) is 5.75 Å². The average Bonchev–Trinajstić information content (AvgIpc) is 2.67. The van der Waals surface area contributed by atoms with Crippen molar-refractivity contribution in [1.82, 2.24) is 9.62 Å². The van der Waals surface area contributed by atoms with Gasteiger partial charge >= 0.3 is 0 Å². The minimum absolute atomic E-state index is 0.00355. The highest BCUT2D eigenvalue weighted by molar-refractivity contribution is 7.89. The molecule has 0 spiro atoms. The van der Waals surface area contributed by atoms with Gasteiger partial charge in [0.2, 0.25) is 15.9 Å². The number of benzene rings is 1. The lowest BCUT2D eigenvalue weighted by atomic mass is 9.97. The summed E-state index contributed by atoms with van der Waals surface area (Å²) >= 11 is 0. The molecule has 1 saturated heterocycles. The molecule has 1 heterocycles. The lowest BCUT2D eigenvalue weighted by Gasteiger charge is -2.30. The maximum absolute atomic E-state index is 12.9. The van der Waals surface area contributed by atoms with Gasteiger partial charge in [0, 0.05) is 38.8 Å². The maximum atomic E-state index is 12.9. The number of methoxy groups -OCH3 is 1. The molecule has 152 valence electrons. The Hall–Kier alpha value is -1.64. The van der Waals surface area contributed by atoms with Crippen molar-refractivity contribution in [2.24, 2.45) is 5.92 Å². The summed E-state index contributed by atoms with van der Waals surface area (Å²) in [4.78, 5) is 12.5. The SMILES string of the molecule is CCOCCCNC(=O)C1CCN(S(=O)(=O)c2ccc(OC)c(C)c2)CC1. The first-order chi connectivity index (χ1) is 12.9. The van der Waals surface area contributed by atoms with Crippen molar-refractivity contribution in [3.05, 3.63) is 23.8 Å². The Labute approximate surface area is 162 Å². The molecule has 1 fully saturated rings. The largest absolute Gasteiger partial charge is 0.496 e. The van der Waals surface area contributed by atoms with Crippen LogP contribution in [0.5, 0.6) is 5.75 Å². The molecular weight excluding hydrogens is 368 g/mol. The highest BCUT2D eigenvalue weighted by atomic mass is 32.2. The third-order valence-electron chi connectivity index (χ3n) is 4.80. The van der Waals surface area contributed by atoms with Gasteiger partial charge in [-0.2, -0.15) is 4.31 Å². The summed E-state index contributed by atoms with van der Waals surface area (Å²) in [5.74, 6) is 0.527. The summed E-state index contributed by atoms with van der Waals surface area (Å²) in [6.45, 7) is 6.36. The molecule has 1 N–H and O–H groups in total. The average molecular weight is 399 g/mol. The minimum Gasteiger partial charge on any atom is -0.496 e. The van der Waals surface area contributed by atoms with E-state index in [0.717, 1.165) is 12.0 Å². The van der Waals surface area contributed by atoms with Gasteiger partial charge in [-0.15, -0.1) is 0 Å². The van der Waals surface area contributed by atoms with Crippen LogP contribution in [0.3, 0.4) is 0 Å². The van der Waals surface area contributed by atoms with E-state index in [1.165, 1.54) is 4.31 Å². The summed E-state index contributed by atoms with van der Waals surface area (Å²) in [7, 11) is -2.00. The number of sulfonamides is 1. The topological polar surface area (TPSA) is 84.9 Å². The summed E-state index contributed by atoms with van der Waals surface area (Å²) in [6, 6.07) is 4.87. The van der Waals surface area contributed by atoms with E-state index in [1.54, 1.807) is 25.3 Å². The Morgan fingerprint density at radius 3 is 2.59 bits per heavy atom. The van der Waals surface area contributed by atoms with Crippen molar-refractivity contribution in [3.63, 3.8) is 0 Å². The number of amides is 1. The molecule has 1 aromatic carbocycles. The molecule has 1 aliphatic heterocycles. The van der Waals surface area contributed by atoms with Crippen LogP contribution in [-0.4, -0.2) is 58.6 Å². The molecule has 27 heavy (non-hydrogen) atoms. The zero-order chi connectivity index (χ0) is 19.9. The van der Waals surface area contributed by atoms with E-state index in [0.29, 0.717) is 51.4 Å².